The zero-order valence-electron chi connectivity index (χ0n) is 19.5. The molecular formula is C26H23BrN4O4S. The molecule has 0 saturated carbocycles. The van der Waals surface area contributed by atoms with Crippen LogP contribution < -0.4 is 4.74 Å². The van der Waals surface area contributed by atoms with E-state index < -0.39 is 10.0 Å². The van der Waals surface area contributed by atoms with Crippen molar-refractivity contribution in [1.82, 2.24) is 19.2 Å². The van der Waals surface area contributed by atoms with Crippen molar-refractivity contribution in [2.24, 2.45) is 0 Å². The second-order valence-electron chi connectivity index (χ2n) is 8.33. The normalized spacial score (nSPS) is 14.7. The first kappa shape index (κ1) is 24.4. The Balaban J connectivity index is 1.41. The molecule has 0 unspecified atom stereocenters. The Hall–Kier alpha value is -3.34. The monoisotopic (exact) mass is 566 g/mol. The average molecular weight is 567 g/mol. The summed E-state index contributed by atoms with van der Waals surface area (Å²) in [7, 11) is -2.14. The van der Waals surface area contributed by atoms with Gasteiger partial charge in [0.2, 0.25) is 10.0 Å². The van der Waals surface area contributed by atoms with Crippen molar-refractivity contribution in [2.75, 3.05) is 33.3 Å². The van der Waals surface area contributed by atoms with Crippen LogP contribution in [0.15, 0.2) is 82.4 Å². The molecule has 1 aliphatic heterocycles. The van der Waals surface area contributed by atoms with Gasteiger partial charge in [0.15, 0.2) is 0 Å². The minimum atomic E-state index is -3.67. The van der Waals surface area contributed by atoms with Crippen LogP contribution in [0.2, 0.25) is 0 Å². The van der Waals surface area contributed by atoms with Crippen LogP contribution in [0.25, 0.3) is 22.2 Å². The highest BCUT2D eigenvalue weighted by Crippen LogP contribution is 2.29. The fourth-order valence-corrected chi connectivity index (χ4v) is 6.02. The highest BCUT2D eigenvalue weighted by Gasteiger charge is 2.31. The van der Waals surface area contributed by atoms with Gasteiger partial charge in [-0.25, -0.2) is 13.4 Å². The lowest BCUT2D eigenvalue weighted by Gasteiger charge is -2.34. The van der Waals surface area contributed by atoms with Crippen LogP contribution in [-0.2, 0) is 10.0 Å². The Bertz CT molecular complexity index is 1520. The number of sulfonamides is 1. The third-order valence-electron chi connectivity index (χ3n) is 6.18. The number of pyridine rings is 2. The van der Waals surface area contributed by atoms with E-state index in [2.05, 4.69) is 20.9 Å². The molecule has 1 saturated heterocycles. The molecule has 4 aromatic rings. The van der Waals surface area contributed by atoms with E-state index in [9.17, 15) is 13.2 Å². The zero-order valence-corrected chi connectivity index (χ0v) is 21.9. The zero-order chi connectivity index (χ0) is 25.3. The van der Waals surface area contributed by atoms with E-state index in [1.807, 2.05) is 30.3 Å². The lowest BCUT2D eigenvalue weighted by atomic mass is 10.0. The van der Waals surface area contributed by atoms with Gasteiger partial charge >= 0.3 is 0 Å². The van der Waals surface area contributed by atoms with Crippen molar-refractivity contribution >= 4 is 42.8 Å². The third-order valence-corrected chi connectivity index (χ3v) is 8.59. The van der Waals surface area contributed by atoms with E-state index in [1.165, 1.54) is 23.5 Å². The molecule has 0 N–H and O–H groups in total. The quantitative estimate of drug-likeness (QED) is 0.359. The van der Waals surface area contributed by atoms with Crippen LogP contribution >= 0.6 is 15.9 Å². The molecule has 0 atom stereocenters. The van der Waals surface area contributed by atoms with E-state index >= 15 is 0 Å². The largest absolute Gasteiger partial charge is 0.497 e. The van der Waals surface area contributed by atoms with Crippen molar-refractivity contribution in [1.29, 1.82) is 0 Å². The van der Waals surface area contributed by atoms with Gasteiger partial charge in [-0.1, -0.05) is 15.9 Å². The molecule has 0 aliphatic carbocycles. The van der Waals surface area contributed by atoms with Gasteiger partial charge in [-0.3, -0.25) is 9.78 Å². The van der Waals surface area contributed by atoms with Crippen LogP contribution in [0.3, 0.4) is 0 Å². The maximum atomic E-state index is 13.7. The number of benzene rings is 2. The molecule has 0 bridgehead atoms. The van der Waals surface area contributed by atoms with Crippen LogP contribution in [0.1, 0.15) is 10.4 Å². The number of aromatic nitrogens is 2. The van der Waals surface area contributed by atoms with Gasteiger partial charge in [0.1, 0.15) is 5.75 Å². The lowest BCUT2D eigenvalue weighted by Crippen LogP contribution is -2.50. The number of hydrogen-bond donors (Lipinski definition) is 0. The van der Waals surface area contributed by atoms with Gasteiger partial charge in [0, 0.05) is 54.0 Å². The molecule has 2 aromatic heterocycles. The Morgan fingerprint density at radius 3 is 2.42 bits per heavy atom. The van der Waals surface area contributed by atoms with Crippen molar-refractivity contribution in [3.8, 4) is 17.0 Å². The molecule has 1 amide bonds. The molecule has 1 fully saturated rings. The van der Waals surface area contributed by atoms with E-state index in [4.69, 9.17) is 9.72 Å². The number of rotatable bonds is 5. The molecular weight excluding hydrogens is 544 g/mol. The molecule has 1 aliphatic rings. The average Bonchev–Trinajstić information content (AvgIpc) is 2.92. The number of ether oxygens (including phenoxy) is 1. The number of methoxy groups -OCH3 is 1. The second-order valence-corrected chi connectivity index (χ2v) is 11.2. The topological polar surface area (TPSA) is 92.7 Å². The first-order valence-electron chi connectivity index (χ1n) is 11.3. The molecule has 0 radical (unpaired) electrons. The highest BCUT2D eigenvalue weighted by atomic mass is 79.9. The Kier molecular flexibility index (Phi) is 6.74. The van der Waals surface area contributed by atoms with Gasteiger partial charge in [-0.2, -0.15) is 4.31 Å². The number of carbonyl (C=O) groups excluding carboxylic acids is 1. The van der Waals surface area contributed by atoms with E-state index in [0.717, 1.165) is 15.4 Å². The van der Waals surface area contributed by atoms with E-state index in [0.29, 0.717) is 22.5 Å². The summed E-state index contributed by atoms with van der Waals surface area (Å²) < 4.78 is 33.6. The van der Waals surface area contributed by atoms with Crippen LogP contribution in [-0.4, -0.2) is 66.8 Å². The Morgan fingerprint density at radius 2 is 1.75 bits per heavy atom. The molecule has 3 heterocycles. The highest BCUT2D eigenvalue weighted by molar-refractivity contribution is 9.10. The summed E-state index contributed by atoms with van der Waals surface area (Å²) in [4.78, 5) is 24.5. The summed E-state index contributed by atoms with van der Waals surface area (Å²) in [6.45, 7) is 0.993. The first-order valence-corrected chi connectivity index (χ1v) is 13.5. The van der Waals surface area contributed by atoms with Gasteiger partial charge < -0.3 is 9.64 Å². The maximum Gasteiger partial charge on any atom is 0.254 e. The predicted octanol–water partition coefficient (Wildman–Crippen LogP) is 4.21. The summed E-state index contributed by atoms with van der Waals surface area (Å²) >= 11 is 3.49. The summed E-state index contributed by atoms with van der Waals surface area (Å²) in [5.41, 5.74) is 2.68. The fraction of sp³-hybridized carbons (Fsp3) is 0.192. The SMILES string of the molecule is COc1ccc(S(=O)(=O)N2CCN(C(=O)c3cc(-c4cccnc4)nc4ccc(Br)cc34)CC2)cc1. The number of carbonyl (C=O) groups is 1. The number of nitrogens with zero attached hydrogens (tertiary/aromatic N) is 4. The third kappa shape index (κ3) is 4.71. The van der Waals surface area contributed by atoms with Crippen LogP contribution in [0, 0.1) is 0 Å². The molecule has 10 heteroatoms. The second kappa shape index (κ2) is 9.96. The molecule has 2 aromatic carbocycles. The van der Waals surface area contributed by atoms with Crippen LogP contribution in [0.4, 0.5) is 0 Å². The number of piperazine rings is 1. The summed E-state index contributed by atoms with van der Waals surface area (Å²) in [6.07, 6.45) is 3.40. The summed E-state index contributed by atoms with van der Waals surface area (Å²) in [5.74, 6) is 0.429. The number of hydrogen-bond acceptors (Lipinski definition) is 6. The number of halogens is 1. The molecule has 0 spiro atoms. The summed E-state index contributed by atoms with van der Waals surface area (Å²) in [6, 6.07) is 17.5. The Labute approximate surface area is 217 Å². The molecule has 36 heavy (non-hydrogen) atoms. The van der Waals surface area contributed by atoms with E-state index in [-0.39, 0.29) is 37.0 Å². The summed E-state index contributed by atoms with van der Waals surface area (Å²) in [5, 5.41) is 0.732. The molecule has 184 valence electrons. The molecule has 5 rings (SSSR count). The van der Waals surface area contributed by atoms with Gasteiger partial charge in [-0.15, -0.1) is 0 Å². The Morgan fingerprint density at radius 1 is 1.00 bits per heavy atom. The van der Waals surface area contributed by atoms with Crippen LogP contribution in [0.5, 0.6) is 5.75 Å². The van der Waals surface area contributed by atoms with E-state index in [1.54, 1.807) is 35.5 Å². The fourth-order valence-electron chi connectivity index (χ4n) is 4.24. The first-order chi connectivity index (χ1) is 17.4. The van der Waals surface area contributed by atoms with Gasteiger partial charge in [0.25, 0.3) is 5.91 Å². The maximum absolute atomic E-state index is 13.7. The van der Waals surface area contributed by atoms with Crippen molar-refractivity contribution < 1.29 is 17.9 Å². The minimum absolute atomic E-state index is 0.160. The standard InChI is InChI=1S/C26H23BrN4O4S/c1-35-20-5-7-21(8-6-20)36(33,34)31-13-11-30(12-14-31)26(32)23-16-25(18-3-2-10-28-17-18)29-24-9-4-19(27)15-22(23)24/h2-10,15-17H,11-14H2,1H3. The predicted molar refractivity (Wildman–Crippen MR) is 140 cm³/mol. The molecule has 8 nitrogen and oxygen atoms in total. The lowest BCUT2D eigenvalue weighted by molar-refractivity contribution is 0.0700. The van der Waals surface area contributed by atoms with Crippen molar-refractivity contribution in [2.45, 2.75) is 4.90 Å². The van der Waals surface area contributed by atoms with Crippen molar-refractivity contribution in [3.05, 3.63) is 83.1 Å². The van der Waals surface area contributed by atoms with Gasteiger partial charge in [0.05, 0.1) is 28.8 Å². The van der Waals surface area contributed by atoms with Crippen molar-refractivity contribution in [3.63, 3.8) is 0 Å². The smallest absolute Gasteiger partial charge is 0.254 e. The number of fused-ring (bicyclic) bond motifs is 1. The van der Waals surface area contributed by atoms with Gasteiger partial charge in [-0.05, 0) is 60.7 Å². The number of amides is 1. The minimum Gasteiger partial charge on any atom is -0.497 e.